The van der Waals surface area contributed by atoms with Crippen molar-refractivity contribution in [1.29, 1.82) is 0 Å². The van der Waals surface area contributed by atoms with Crippen molar-refractivity contribution in [2.45, 2.75) is 13.5 Å². The Morgan fingerprint density at radius 2 is 2.20 bits per heavy atom. The van der Waals surface area contributed by atoms with E-state index in [1.165, 1.54) is 6.07 Å². The number of benzene rings is 1. The topological polar surface area (TPSA) is 93.5 Å². The normalized spacial score (nSPS) is 10.3. The molecule has 0 aliphatic carbocycles. The third-order valence-corrected chi connectivity index (χ3v) is 2.84. The minimum atomic E-state index is -0.406. The molecule has 2 N–H and O–H groups in total. The Balaban J connectivity index is 2.44. The van der Waals surface area contributed by atoms with Gasteiger partial charge in [0.15, 0.2) is 0 Å². The number of hydrogen-bond acceptors (Lipinski definition) is 5. The first-order valence-corrected chi connectivity index (χ1v) is 6.25. The van der Waals surface area contributed by atoms with Gasteiger partial charge in [0.2, 0.25) is 5.91 Å². The molecule has 0 heterocycles. The Labute approximate surface area is 117 Å². The first kappa shape index (κ1) is 16.1. The number of nitrogens with zero attached hydrogens (tertiary/aromatic N) is 1. The number of rotatable bonds is 8. The first-order chi connectivity index (χ1) is 9.56. The van der Waals surface area contributed by atoms with Crippen molar-refractivity contribution < 1.29 is 14.5 Å². The summed E-state index contributed by atoms with van der Waals surface area (Å²) in [6, 6.07) is 4.91. The lowest BCUT2D eigenvalue weighted by Crippen LogP contribution is -2.35. The quantitative estimate of drug-likeness (QED) is 0.417. The van der Waals surface area contributed by atoms with Gasteiger partial charge in [-0.15, -0.1) is 0 Å². The molecule has 0 saturated heterocycles. The molecular weight excluding hydrogens is 262 g/mol. The maximum Gasteiger partial charge on any atom is 0.272 e. The van der Waals surface area contributed by atoms with Gasteiger partial charge in [-0.25, -0.2) is 0 Å². The largest absolute Gasteiger partial charge is 0.383 e. The monoisotopic (exact) mass is 281 g/mol. The van der Waals surface area contributed by atoms with Gasteiger partial charge in [0.1, 0.15) is 0 Å². The van der Waals surface area contributed by atoms with E-state index >= 15 is 0 Å². The van der Waals surface area contributed by atoms with Gasteiger partial charge in [0.25, 0.3) is 5.69 Å². The molecule has 0 aromatic heterocycles. The van der Waals surface area contributed by atoms with Crippen LogP contribution >= 0.6 is 0 Å². The molecule has 1 amide bonds. The molecule has 0 radical (unpaired) electrons. The molecular formula is C13H19N3O4. The minimum absolute atomic E-state index is 0.0915. The predicted octanol–water partition coefficient (Wildman–Crippen LogP) is 0.755. The SMILES string of the molecule is COCCNC(=O)CNCc1cccc([N+](=O)[O-])c1C. The van der Waals surface area contributed by atoms with Gasteiger partial charge in [-0.3, -0.25) is 14.9 Å². The highest BCUT2D eigenvalue weighted by atomic mass is 16.6. The first-order valence-electron chi connectivity index (χ1n) is 6.25. The summed E-state index contributed by atoms with van der Waals surface area (Å²) in [5.74, 6) is -0.134. The summed E-state index contributed by atoms with van der Waals surface area (Å²) in [5.41, 5.74) is 1.52. The fourth-order valence-corrected chi connectivity index (χ4v) is 1.72. The fourth-order valence-electron chi connectivity index (χ4n) is 1.72. The summed E-state index contributed by atoms with van der Waals surface area (Å²) < 4.78 is 4.82. The Bertz CT molecular complexity index is 477. The molecule has 0 aliphatic heterocycles. The number of hydrogen-bond donors (Lipinski definition) is 2. The lowest BCUT2D eigenvalue weighted by atomic mass is 10.1. The van der Waals surface area contributed by atoms with E-state index in [2.05, 4.69) is 10.6 Å². The molecule has 0 fully saturated rings. The number of nitro groups is 1. The van der Waals surface area contributed by atoms with Crippen molar-refractivity contribution in [2.24, 2.45) is 0 Å². The zero-order valence-corrected chi connectivity index (χ0v) is 11.6. The van der Waals surface area contributed by atoms with Gasteiger partial charge in [-0.2, -0.15) is 0 Å². The van der Waals surface area contributed by atoms with E-state index in [0.717, 1.165) is 5.56 Å². The molecule has 7 heteroatoms. The van der Waals surface area contributed by atoms with Gasteiger partial charge < -0.3 is 15.4 Å². The Morgan fingerprint density at radius 3 is 2.85 bits per heavy atom. The fraction of sp³-hybridized carbons (Fsp3) is 0.462. The smallest absolute Gasteiger partial charge is 0.272 e. The molecule has 1 rings (SSSR count). The highest BCUT2D eigenvalue weighted by molar-refractivity contribution is 5.77. The van der Waals surface area contributed by atoms with E-state index in [1.807, 2.05) is 0 Å². The maximum absolute atomic E-state index is 11.4. The Kier molecular flexibility index (Phi) is 6.61. The second-order valence-corrected chi connectivity index (χ2v) is 4.26. The van der Waals surface area contributed by atoms with E-state index in [4.69, 9.17) is 4.74 Å². The zero-order chi connectivity index (χ0) is 15.0. The molecule has 7 nitrogen and oxygen atoms in total. The highest BCUT2D eigenvalue weighted by Crippen LogP contribution is 2.20. The van der Waals surface area contributed by atoms with Crippen molar-refractivity contribution in [3.8, 4) is 0 Å². The lowest BCUT2D eigenvalue weighted by Gasteiger charge is -2.08. The van der Waals surface area contributed by atoms with E-state index in [0.29, 0.717) is 25.3 Å². The summed E-state index contributed by atoms with van der Waals surface area (Å²) in [6.45, 7) is 3.20. The Hall–Kier alpha value is -1.99. The number of nitrogens with one attached hydrogen (secondary N) is 2. The van der Waals surface area contributed by atoms with Crippen LogP contribution in [0.1, 0.15) is 11.1 Å². The standard InChI is InChI=1S/C13H19N3O4/c1-10-11(4-3-5-12(10)16(18)19)8-14-9-13(17)15-6-7-20-2/h3-5,14H,6-9H2,1-2H3,(H,15,17). The van der Waals surface area contributed by atoms with Crippen LogP contribution < -0.4 is 10.6 Å². The number of nitro benzene ring substituents is 1. The predicted molar refractivity (Wildman–Crippen MR) is 74.4 cm³/mol. The number of ether oxygens (including phenoxy) is 1. The van der Waals surface area contributed by atoms with E-state index in [-0.39, 0.29) is 18.1 Å². The summed E-state index contributed by atoms with van der Waals surface area (Å²) in [4.78, 5) is 21.8. The molecule has 0 aliphatic rings. The Morgan fingerprint density at radius 1 is 1.45 bits per heavy atom. The minimum Gasteiger partial charge on any atom is -0.383 e. The van der Waals surface area contributed by atoms with Crippen LogP contribution in [-0.4, -0.2) is 37.6 Å². The number of methoxy groups -OCH3 is 1. The summed E-state index contributed by atoms with van der Waals surface area (Å²) >= 11 is 0. The summed E-state index contributed by atoms with van der Waals surface area (Å²) in [7, 11) is 1.56. The molecule has 0 spiro atoms. The molecule has 0 atom stereocenters. The molecule has 0 saturated carbocycles. The number of carbonyl (C=O) groups is 1. The third kappa shape index (κ3) is 4.94. The van der Waals surface area contributed by atoms with Crippen molar-refractivity contribution in [3.63, 3.8) is 0 Å². The second kappa shape index (κ2) is 8.23. The molecule has 110 valence electrons. The van der Waals surface area contributed by atoms with Crippen molar-refractivity contribution in [2.75, 3.05) is 26.8 Å². The van der Waals surface area contributed by atoms with Gasteiger partial charge in [-0.1, -0.05) is 12.1 Å². The van der Waals surface area contributed by atoms with Crippen molar-refractivity contribution in [1.82, 2.24) is 10.6 Å². The summed E-state index contributed by atoms with van der Waals surface area (Å²) in [6.07, 6.45) is 0. The van der Waals surface area contributed by atoms with Crippen LogP contribution in [0.2, 0.25) is 0 Å². The zero-order valence-electron chi connectivity index (χ0n) is 11.6. The van der Waals surface area contributed by atoms with Gasteiger partial charge in [0.05, 0.1) is 18.1 Å². The second-order valence-electron chi connectivity index (χ2n) is 4.26. The van der Waals surface area contributed by atoms with Crippen LogP contribution in [0.25, 0.3) is 0 Å². The van der Waals surface area contributed by atoms with Crippen LogP contribution in [-0.2, 0) is 16.1 Å². The molecule has 1 aromatic carbocycles. The molecule has 1 aromatic rings. The van der Waals surface area contributed by atoms with Crippen molar-refractivity contribution >= 4 is 11.6 Å². The number of amides is 1. The number of carbonyl (C=O) groups excluding carboxylic acids is 1. The molecule has 0 bridgehead atoms. The van der Waals surface area contributed by atoms with Crippen LogP contribution in [0.5, 0.6) is 0 Å². The maximum atomic E-state index is 11.4. The van der Waals surface area contributed by atoms with Crippen molar-refractivity contribution in [3.05, 3.63) is 39.4 Å². The van der Waals surface area contributed by atoms with E-state index in [1.54, 1.807) is 26.2 Å². The van der Waals surface area contributed by atoms with Crippen LogP contribution in [0.4, 0.5) is 5.69 Å². The average molecular weight is 281 g/mol. The third-order valence-electron chi connectivity index (χ3n) is 2.84. The highest BCUT2D eigenvalue weighted by Gasteiger charge is 2.12. The van der Waals surface area contributed by atoms with Crippen LogP contribution in [0.3, 0.4) is 0 Å². The summed E-state index contributed by atoms with van der Waals surface area (Å²) in [5, 5.41) is 16.5. The lowest BCUT2D eigenvalue weighted by molar-refractivity contribution is -0.385. The van der Waals surface area contributed by atoms with E-state index in [9.17, 15) is 14.9 Å². The van der Waals surface area contributed by atoms with E-state index < -0.39 is 4.92 Å². The van der Waals surface area contributed by atoms with Crippen LogP contribution in [0.15, 0.2) is 18.2 Å². The van der Waals surface area contributed by atoms with Crippen LogP contribution in [0, 0.1) is 17.0 Å². The van der Waals surface area contributed by atoms with Gasteiger partial charge >= 0.3 is 0 Å². The van der Waals surface area contributed by atoms with Gasteiger partial charge in [0, 0.05) is 31.8 Å². The van der Waals surface area contributed by atoms with Gasteiger partial charge in [-0.05, 0) is 12.5 Å². The molecule has 0 unspecified atom stereocenters. The average Bonchev–Trinajstić information content (AvgIpc) is 2.40. The molecule has 20 heavy (non-hydrogen) atoms.